The van der Waals surface area contributed by atoms with E-state index < -0.39 is 0 Å². The lowest BCUT2D eigenvalue weighted by Crippen LogP contribution is -1.81. The molecule has 0 fully saturated rings. The average molecular weight is 190 g/mol. The Morgan fingerprint density at radius 2 is 1.64 bits per heavy atom. The summed E-state index contributed by atoms with van der Waals surface area (Å²) in [5.74, 6) is 0.629. The summed E-state index contributed by atoms with van der Waals surface area (Å²) < 4.78 is 0. The van der Waals surface area contributed by atoms with Gasteiger partial charge in [-0.05, 0) is 24.0 Å². The summed E-state index contributed by atoms with van der Waals surface area (Å²) >= 11 is 0. The third-order valence-corrected chi connectivity index (χ3v) is 1.85. The first-order valence-corrected chi connectivity index (χ1v) is 5.44. The Labute approximate surface area is 88.7 Å². The maximum absolute atomic E-state index is 2.22. The van der Waals surface area contributed by atoms with Crippen LogP contribution in [0.15, 0.2) is 30.3 Å². The van der Waals surface area contributed by atoms with Gasteiger partial charge in [0.1, 0.15) is 0 Å². The maximum Gasteiger partial charge on any atom is -0.0230 e. The second-order valence-corrected chi connectivity index (χ2v) is 3.46. The van der Waals surface area contributed by atoms with E-state index in [0.717, 1.165) is 0 Å². The van der Waals surface area contributed by atoms with E-state index in [9.17, 15) is 0 Å². The van der Waals surface area contributed by atoms with E-state index in [-0.39, 0.29) is 0 Å². The zero-order chi connectivity index (χ0) is 11.0. The fraction of sp³-hybridized carbons (Fsp3) is 0.429. The van der Waals surface area contributed by atoms with Crippen molar-refractivity contribution in [2.45, 2.75) is 34.6 Å². The van der Waals surface area contributed by atoms with Gasteiger partial charge in [0.25, 0.3) is 0 Å². The average Bonchev–Trinajstić information content (AvgIpc) is 2.19. The molecule has 0 unspecified atom stereocenters. The summed E-state index contributed by atoms with van der Waals surface area (Å²) in [5.41, 5.74) is 2.67. The minimum Gasteiger partial charge on any atom is -0.0814 e. The van der Waals surface area contributed by atoms with Crippen LogP contribution in [0.2, 0.25) is 0 Å². The fourth-order valence-electron chi connectivity index (χ4n) is 1.07. The number of rotatable bonds is 2. The van der Waals surface area contributed by atoms with E-state index in [1.807, 2.05) is 13.8 Å². The predicted octanol–water partition coefficient (Wildman–Crippen LogP) is 4.69. The first-order chi connectivity index (χ1) is 6.70. The molecule has 0 heteroatoms. The highest BCUT2D eigenvalue weighted by Gasteiger charge is 1.90. The van der Waals surface area contributed by atoms with Crippen LogP contribution in [-0.2, 0) is 0 Å². The van der Waals surface area contributed by atoms with Crippen molar-refractivity contribution in [2.75, 3.05) is 0 Å². The van der Waals surface area contributed by atoms with E-state index in [1.54, 1.807) is 0 Å². The van der Waals surface area contributed by atoms with Crippen molar-refractivity contribution >= 4 is 6.08 Å². The molecule has 0 aliphatic carbocycles. The first kappa shape index (κ1) is 13.0. The molecule has 0 saturated carbocycles. The summed E-state index contributed by atoms with van der Waals surface area (Å²) in [4.78, 5) is 0. The molecular weight excluding hydrogens is 168 g/mol. The van der Waals surface area contributed by atoms with Gasteiger partial charge in [0.05, 0.1) is 0 Å². The summed E-state index contributed by atoms with van der Waals surface area (Å²) in [6.07, 6.45) is 4.42. The van der Waals surface area contributed by atoms with Gasteiger partial charge in [0, 0.05) is 0 Å². The van der Waals surface area contributed by atoms with Crippen molar-refractivity contribution in [3.63, 3.8) is 0 Å². The predicted molar refractivity (Wildman–Crippen MR) is 66.4 cm³/mol. The third kappa shape index (κ3) is 4.86. The molecule has 0 N–H and O–H groups in total. The Balaban J connectivity index is 0.000000791. The van der Waals surface area contributed by atoms with E-state index in [1.165, 1.54) is 11.1 Å². The Morgan fingerprint density at radius 1 is 1.07 bits per heavy atom. The molecule has 0 saturated heterocycles. The van der Waals surface area contributed by atoms with E-state index >= 15 is 0 Å². The highest BCUT2D eigenvalue weighted by atomic mass is 14.0. The number of aryl methyl sites for hydroxylation is 1. The third-order valence-electron chi connectivity index (χ3n) is 1.85. The number of benzene rings is 1. The lowest BCUT2D eigenvalue weighted by Gasteiger charge is -1.99. The molecule has 0 aliphatic heterocycles. The van der Waals surface area contributed by atoms with Gasteiger partial charge in [0.2, 0.25) is 0 Å². The second kappa shape index (κ2) is 7.37. The molecule has 0 atom stereocenters. The molecule has 78 valence electrons. The fourth-order valence-corrected chi connectivity index (χ4v) is 1.07. The minimum absolute atomic E-state index is 0.629. The normalized spacial score (nSPS) is 10.1. The summed E-state index contributed by atoms with van der Waals surface area (Å²) in [6.45, 7) is 10.5. The molecule has 0 spiro atoms. The topological polar surface area (TPSA) is 0 Å². The number of hydrogen-bond acceptors (Lipinski definition) is 0. The van der Waals surface area contributed by atoms with E-state index in [4.69, 9.17) is 0 Å². The lowest BCUT2D eigenvalue weighted by molar-refractivity contribution is 0.836. The van der Waals surface area contributed by atoms with Gasteiger partial charge in [-0.25, -0.2) is 0 Å². The van der Waals surface area contributed by atoms with Crippen LogP contribution in [0.25, 0.3) is 6.08 Å². The van der Waals surface area contributed by atoms with Gasteiger partial charge < -0.3 is 0 Å². The van der Waals surface area contributed by atoms with Gasteiger partial charge in [-0.2, -0.15) is 0 Å². The van der Waals surface area contributed by atoms with Crippen LogP contribution >= 0.6 is 0 Å². The number of allylic oxidation sites excluding steroid dienone is 1. The van der Waals surface area contributed by atoms with Crippen LogP contribution in [0.3, 0.4) is 0 Å². The van der Waals surface area contributed by atoms with Crippen LogP contribution in [0, 0.1) is 12.8 Å². The highest BCUT2D eigenvalue weighted by Crippen LogP contribution is 2.10. The molecule has 0 heterocycles. The van der Waals surface area contributed by atoms with Crippen LogP contribution in [0.1, 0.15) is 38.8 Å². The standard InChI is InChI=1S/C12H16.C2H6/c1-10(2)8-9-12-7-5-4-6-11(12)3;1-2/h4-10H,1-3H3;1-2H3/b9-8-;. The van der Waals surface area contributed by atoms with Crippen molar-refractivity contribution in [1.29, 1.82) is 0 Å². The molecule has 1 rings (SSSR count). The molecule has 0 nitrogen and oxygen atoms in total. The minimum atomic E-state index is 0.629. The highest BCUT2D eigenvalue weighted by molar-refractivity contribution is 5.53. The SMILES string of the molecule is CC.Cc1ccccc1/C=C\C(C)C. The van der Waals surface area contributed by atoms with Crippen molar-refractivity contribution in [1.82, 2.24) is 0 Å². The van der Waals surface area contributed by atoms with E-state index in [2.05, 4.69) is 57.2 Å². The smallest absolute Gasteiger partial charge is 0.0230 e. The van der Waals surface area contributed by atoms with Gasteiger partial charge in [-0.1, -0.05) is 64.1 Å². The first-order valence-electron chi connectivity index (χ1n) is 5.44. The molecule has 0 aromatic heterocycles. The molecule has 1 aromatic rings. The summed E-state index contributed by atoms with van der Waals surface area (Å²) in [6, 6.07) is 8.43. The van der Waals surface area contributed by atoms with E-state index in [0.29, 0.717) is 5.92 Å². The van der Waals surface area contributed by atoms with Crippen molar-refractivity contribution in [3.05, 3.63) is 41.5 Å². The van der Waals surface area contributed by atoms with Gasteiger partial charge in [-0.15, -0.1) is 0 Å². The monoisotopic (exact) mass is 190 g/mol. The maximum atomic E-state index is 2.22. The zero-order valence-electron chi connectivity index (χ0n) is 10.0. The molecule has 0 radical (unpaired) electrons. The van der Waals surface area contributed by atoms with Gasteiger partial charge in [-0.3, -0.25) is 0 Å². The largest absolute Gasteiger partial charge is 0.0814 e. The van der Waals surface area contributed by atoms with Crippen molar-refractivity contribution in [3.8, 4) is 0 Å². The Kier molecular flexibility index (Phi) is 6.82. The summed E-state index contributed by atoms with van der Waals surface area (Å²) in [5, 5.41) is 0. The van der Waals surface area contributed by atoms with Gasteiger partial charge in [0.15, 0.2) is 0 Å². The van der Waals surface area contributed by atoms with Crippen molar-refractivity contribution < 1.29 is 0 Å². The molecular formula is C14H22. The molecule has 0 bridgehead atoms. The van der Waals surface area contributed by atoms with Crippen LogP contribution in [0.4, 0.5) is 0 Å². The van der Waals surface area contributed by atoms with Crippen molar-refractivity contribution in [2.24, 2.45) is 5.92 Å². The Bertz CT molecular complexity index is 269. The lowest BCUT2D eigenvalue weighted by atomic mass is 10.1. The summed E-state index contributed by atoms with van der Waals surface area (Å²) in [7, 11) is 0. The quantitative estimate of drug-likeness (QED) is 0.634. The molecule has 1 aromatic carbocycles. The Morgan fingerprint density at radius 3 is 2.14 bits per heavy atom. The molecule has 0 amide bonds. The van der Waals surface area contributed by atoms with Crippen LogP contribution in [0.5, 0.6) is 0 Å². The zero-order valence-corrected chi connectivity index (χ0v) is 10.0. The van der Waals surface area contributed by atoms with Crippen LogP contribution in [-0.4, -0.2) is 0 Å². The second-order valence-electron chi connectivity index (χ2n) is 3.46. The number of hydrogen-bond donors (Lipinski definition) is 0. The molecule has 14 heavy (non-hydrogen) atoms. The van der Waals surface area contributed by atoms with Gasteiger partial charge >= 0.3 is 0 Å². The molecule has 0 aliphatic rings. The van der Waals surface area contributed by atoms with Crippen LogP contribution < -0.4 is 0 Å². The Hall–Kier alpha value is -1.04.